The van der Waals surface area contributed by atoms with Crippen molar-refractivity contribution in [3.63, 3.8) is 0 Å². The third-order valence-electron chi connectivity index (χ3n) is 6.13. The lowest BCUT2D eigenvalue weighted by molar-refractivity contribution is -0.152. The van der Waals surface area contributed by atoms with Crippen molar-refractivity contribution in [3.8, 4) is 0 Å². The summed E-state index contributed by atoms with van der Waals surface area (Å²) >= 11 is 1.61. The van der Waals surface area contributed by atoms with Gasteiger partial charge in [0.05, 0.1) is 0 Å². The number of amides is 2. The predicted octanol–water partition coefficient (Wildman–Crippen LogP) is 1.47. The fraction of sp³-hybridized carbons (Fsp3) is 0.591. The van der Waals surface area contributed by atoms with Gasteiger partial charge in [-0.1, -0.05) is 56.3 Å². The Morgan fingerprint density at radius 2 is 1.88 bits per heavy atom. The third kappa shape index (κ3) is 5.20. The number of carbonyl (C=O) groups excluding carboxylic acids is 2. The first-order valence-electron chi connectivity index (χ1n) is 11.3. The lowest BCUT2D eigenvalue weighted by Gasteiger charge is -2.44. The minimum Gasteiger partial charge on any atom is -0.340 e. The maximum atomic E-state index is 12.7. The van der Waals surface area contributed by atoms with Gasteiger partial charge in [0, 0.05) is 4.75 Å². The monoisotopic (exact) mass is 474 g/mol. The number of H-pyrrole nitrogens is 1. The largest absolute Gasteiger partial charge is 0.340 e. The fourth-order valence-corrected chi connectivity index (χ4v) is 5.81. The molecule has 0 aliphatic carbocycles. The molecule has 180 valence electrons. The van der Waals surface area contributed by atoms with Gasteiger partial charge in [0.1, 0.15) is 23.5 Å². The number of tetrazole rings is 1. The van der Waals surface area contributed by atoms with Crippen LogP contribution in [-0.4, -0.2) is 78.0 Å². The van der Waals surface area contributed by atoms with Crippen molar-refractivity contribution in [3.05, 3.63) is 41.7 Å². The van der Waals surface area contributed by atoms with Crippen molar-refractivity contribution in [2.45, 2.75) is 62.9 Å². The molecule has 0 radical (unpaired) electrons. The van der Waals surface area contributed by atoms with E-state index in [1.165, 1.54) is 19.6 Å². The van der Waals surface area contributed by atoms with Crippen LogP contribution >= 0.6 is 11.8 Å². The maximum absolute atomic E-state index is 12.7. The van der Waals surface area contributed by atoms with Gasteiger partial charge in [0.2, 0.25) is 11.8 Å². The molecular formula is C22H34N8O2S. The molecule has 4 atom stereocenters. The van der Waals surface area contributed by atoms with E-state index in [2.05, 4.69) is 51.6 Å². The van der Waals surface area contributed by atoms with Gasteiger partial charge >= 0.3 is 0 Å². The topological polar surface area (TPSA) is 133 Å². The third-order valence-corrected chi connectivity index (χ3v) is 7.70. The number of hydrogen-bond donors (Lipinski definition) is 3. The molecule has 2 fully saturated rings. The molecule has 0 spiro atoms. The van der Waals surface area contributed by atoms with Crippen LogP contribution in [0, 0.1) is 0 Å². The summed E-state index contributed by atoms with van der Waals surface area (Å²) in [4.78, 5) is 29.3. The molecule has 2 aromatic rings. The van der Waals surface area contributed by atoms with Crippen molar-refractivity contribution < 1.29 is 9.59 Å². The number of benzene rings is 1. The first-order valence-corrected chi connectivity index (χ1v) is 12.2. The molecule has 2 amide bonds. The number of hydrogen-bond acceptors (Lipinski definition) is 8. The Balaban J connectivity index is 0.000000383. The number of aromatic nitrogens is 4. The van der Waals surface area contributed by atoms with E-state index < -0.39 is 12.1 Å². The maximum Gasteiger partial charge on any atom is 0.249 e. The molecule has 4 N–H and O–H groups in total. The van der Waals surface area contributed by atoms with Crippen molar-refractivity contribution in [1.29, 1.82) is 0 Å². The Morgan fingerprint density at radius 1 is 1.24 bits per heavy atom. The van der Waals surface area contributed by atoms with E-state index in [1.807, 2.05) is 32.0 Å². The Bertz CT molecular complexity index is 914. The van der Waals surface area contributed by atoms with Gasteiger partial charge in [0.15, 0.2) is 5.82 Å². The number of nitrogens with two attached hydrogens (primary N) is 1. The second-order valence-electron chi connectivity index (χ2n) is 8.52. The van der Waals surface area contributed by atoms with Crippen molar-refractivity contribution in [2.24, 2.45) is 5.73 Å². The number of nitrogens with one attached hydrogen (secondary N) is 2. The number of rotatable bonds is 7. The quantitative estimate of drug-likeness (QED) is 0.514. The Labute approximate surface area is 199 Å². The van der Waals surface area contributed by atoms with Gasteiger partial charge in [-0.15, -0.1) is 22.0 Å². The van der Waals surface area contributed by atoms with Crippen LogP contribution in [0.1, 0.15) is 58.1 Å². The molecule has 2 aliphatic rings. The van der Waals surface area contributed by atoms with Crippen molar-refractivity contribution >= 4 is 23.6 Å². The number of nitrogens with zero attached hydrogens (tertiary/aromatic N) is 5. The standard InChI is InChI=1S/C16H19N7O2S.C6H15N/c1-16(2)11(12-19-21-22-20-12)23-14(25)10(15(23)26-16)18-13(24)9(17)8-6-4-3-5-7-8;1-4-7(5-2)6-3/h3-7,9-11,15H,17H2,1-2H3,(H,18,24)(H,19,20,21,22);4-6H2,1-3H3/t9-,10?,11?,15-;/m1./s1. The summed E-state index contributed by atoms with van der Waals surface area (Å²) in [5.74, 6) is -0.0452. The molecule has 1 aromatic heterocycles. The minimum absolute atomic E-state index is 0.156. The number of fused-ring (bicyclic) bond motifs is 1. The Morgan fingerprint density at radius 3 is 2.39 bits per heavy atom. The van der Waals surface area contributed by atoms with Gasteiger partial charge in [-0.3, -0.25) is 9.59 Å². The highest BCUT2D eigenvalue weighted by molar-refractivity contribution is 8.01. The van der Waals surface area contributed by atoms with E-state index in [0.717, 1.165) is 0 Å². The van der Waals surface area contributed by atoms with Gasteiger partial charge in [-0.05, 0) is 39.0 Å². The van der Waals surface area contributed by atoms with E-state index in [0.29, 0.717) is 11.4 Å². The lowest BCUT2D eigenvalue weighted by atomic mass is 9.95. The molecule has 33 heavy (non-hydrogen) atoms. The van der Waals surface area contributed by atoms with Crippen molar-refractivity contribution in [1.82, 2.24) is 35.7 Å². The molecule has 1 aromatic carbocycles. The van der Waals surface area contributed by atoms with Gasteiger partial charge in [0.25, 0.3) is 0 Å². The lowest BCUT2D eigenvalue weighted by Crippen LogP contribution is -2.68. The van der Waals surface area contributed by atoms with Crippen LogP contribution in [-0.2, 0) is 9.59 Å². The number of β-lactam (4-membered cyclic amide) rings is 1. The molecule has 0 saturated carbocycles. The normalized spacial score (nSPS) is 23.9. The Kier molecular flexibility index (Phi) is 8.09. The summed E-state index contributed by atoms with van der Waals surface area (Å²) in [5, 5.41) is 16.7. The zero-order valence-electron chi connectivity index (χ0n) is 19.9. The highest BCUT2D eigenvalue weighted by atomic mass is 32.2. The fourth-order valence-electron chi connectivity index (χ4n) is 4.18. The average Bonchev–Trinajstić information content (AvgIpc) is 3.43. The molecule has 4 rings (SSSR count). The number of aromatic amines is 1. The van der Waals surface area contributed by atoms with Crippen LogP contribution in [0.5, 0.6) is 0 Å². The molecule has 3 heterocycles. The van der Waals surface area contributed by atoms with Crippen LogP contribution < -0.4 is 11.1 Å². The van der Waals surface area contributed by atoms with Gasteiger partial charge < -0.3 is 20.9 Å². The van der Waals surface area contributed by atoms with Crippen LogP contribution in [0.4, 0.5) is 0 Å². The van der Waals surface area contributed by atoms with E-state index in [4.69, 9.17) is 5.73 Å². The van der Waals surface area contributed by atoms with E-state index in [9.17, 15) is 9.59 Å². The summed E-state index contributed by atoms with van der Waals surface area (Å²) in [6.07, 6.45) is 0. The first-order chi connectivity index (χ1) is 15.7. The van der Waals surface area contributed by atoms with Gasteiger partial charge in [-0.2, -0.15) is 5.21 Å². The summed E-state index contributed by atoms with van der Waals surface area (Å²) < 4.78 is -0.300. The Hall–Kier alpha value is -2.50. The van der Waals surface area contributed by atoms with E-state index in [1.54, 1.807) is 28.8 Å². The number of carbonyl (C=O) groups is 2. The molecule has 2 unspecified atom stereocenters. The van der Waals surface area contributed by atoms with Crippen LogP contribution in [0.15, 0.2) is 30.3 Å². The number of thioether (sulfide) groups is 1. The van der Waals surface area contributed by atoms with Crippen LogP contribution in [0.2, 0.25) is 0 Å². The van der Waals surface area contributed by atoms with Crippen molar-refractivity contribution in [2.75, 3.05) is 19.6 Å². The van der Waals surface area contributed by atoms with E-state index in [-0.39, 0.29) is 28.0 Å². The zero-order chi connectivity index (χ0) is 24.2. The summed E-state index contributed by atoms with van der Waals surface area (Å²) in [6.45, 7) is 14.2. The predicted molar refractivity (Wildman–Crippen MR) is 128 cm³/mol. The van der Waals surface area contributed by atoms with E-state index >= 15 is 0 Å². The van der Waals surface area contributed by atoms with Gasteiger partial charge in [-0.25, -0.2) is 0 Å². The SMILES string of the molecule is CC1(C)S[C@@H]2C(NC(=O)[C@H](N)c3ccccc3)C(=O)N2C1c1nn[nH]n1.CCN(CC)CC. The summed E-state index contributed by atoms with van der Waals surface area (Å²) in [6, 6.07) is 7.38. The first kappa shape index (κ1) is 25.1. The molecule has 0 bridgehead atoms. The molecule has 2 saturated heterocycles. The van der Waals surface area contributed by atoms with Crippen LogP contribution in [0.25, 0.3) is 0 Å². The minimum atomic E-state index is -0.814. The highest BCUT2D eigenvalue weighted by Crippen LogP contribution is 2.56. The highest BCUT2D eigenvalue weighted by Gasteiger charge is 2.63. The van der Waals surface area contributed by atoms with Crippen LogP contribution in [0.3, 0.4) is 0 Å². The average molecular weight is 475 g/mol. The second-order valence-corrected chi connectivity index (χ2v) is 10.3. The second kappa shape index (κ2) is 10.6. The molecule has 10 nitrogen and oxygen atoms in total. The summed E-state index contributed by atoms with van der Waals surface area (Å²) in [7, 11) is 0. The zero-order valence-corrected chi connectivity index (χ0v) is 20.7. The summed E-state index contributed by atoms with van der Waals surface area (Å²) in [5.41, 5.74) is 6.74. The molecule has 2 aliphatic heterocycles. The smallest absolute Gasteiger partial charge is 0.249 e. The molecule has 11 heteroatoms. The molecular weight excluding hydrogens is 440 g/mol.